The van der Waals surface area contributed by atoms with E-state index < -0.39 is 0 Å². The molecule has 11 aromatic rings. The summed E-state index contributed by atoms with van der Waals surface area (Å²) in [6, 6.07) is 79.3. The molecule has 0 unspecified atom stereocenters. The van der Waals surface area contributed by atoms with Crippen molar-refractivity contribution in [2.45, 2.75) is 0 Å². The van der Waals surface area contributed by atoms with Crippen LogP contribution in [0.1, 0.15) is 0 Å². The molecule has 0 fully saturated rings. The molecular weight excluding hydrogens is 711 g/mol. The standard InChI is InChI=1S/C56H35BN2/c1-3-19-48(20-4-1)58-52-32-45-28-40-17-11-9-15-38(40)26-43(45)30-50(52)57-51-31-44-27-39-16-10-12-18-41(39)29-46(44)33-53(51)59(49-21-5-2-6-22-49)55-35-47(34-54(58)56(55)57)42-24-23-36-13-7-8-14-37(36)25-42/h1-35H. The highest BCUT2D eigenvalue weighted by Crippen LogP contribution is 2.47. The second-order valence-corrected chi connectivity index (χ2v) is 16.2. The third kappa shape index (κ3) is 4.95. The van der Waals surface area contributed by atoms with E-state index in [2.05, 4.69) is 222 Å². The Morgan fingerprint density at radius 1 is 0.254 bits per heavy atom. The van der Waals surface area contributed by atoms with E-state index in [4.69, 9.17) is 0 Å². The fraction of sp³-hybridized carbons (Fsp3) is 0. The van der Waals surface area contributed by atoms with Crippen molar-refractivity contribution in [1.29, 1.82) is 0 Å². The summed E-state index contributed by atoms with van der Waals surface area (Å²) in [5, 5.41) is 12.5. The molecule has 0 aliphatic carbocycles. The highest BCUT2D eigenvalue weighted by atomic mass is 15.2. The lowest BCUT2D eigenvalue weighted by atomic mass is 9.33. The number of fused-ring (bicyclic) bond motifs is 9. The van der Waals surface area contributed by atoms with E-state index in [1.807, 2.05) is 0 Å². The number of nitrogens with zero attached hydrogens (tertiary/aromatic N) is 2. The Morgan fingerprint density at radius 3 is 1.10 bits per heavy atom. The van der Waals surface area contributed by atoms with Gasteiger partial charge in [-0.1, -0.05) is 133 Å². The van der Waals surface area contributed by atoms with Crippen LogP contribution in [0.4, 0.5) is 34.1 Å². The van der Waals surface area contributed by atoms with Gasteiger partial charge in [0.25, 0.3) is 6.71 Å². The Labute approximate surface area is 342 Å². The highest BCUT2D eigenvalue weighted by Gasteiger charge is 2.44. The minimum atomic E-state index is -0.0117. The number of hydrogen-bond donors (Lipinski definition) is 0. The smallest absolute Gasteiger partial charge is 0.252 e. The van der Waals surface area contributed by atoms with Gasteiger partial charge in [0, 0.05) is 34.1 Å². The first-order valence-electron chi connectivity index (χ1n) is 20.5. The zero-order valence-corrected chi connectivity index (χ0v) is 32.2. The third-order valence-electron chi connectivity index (χ3n) is 12.8. The maximum atomic E-state index is 2.53. The lowest BCUT2D eigenvalue weighted by Gasteiger charge is -2.44. The van der Waals surface area contributed by atoms with Crippen molar-refractivity contribution in [2.24, 2.45) is 0 Å². The molecule has 2 aliphatic heterocycles. The van der Waals surface area contributed by atoms with Crippen LogP contribution in [0.5, 0.6) is 0 Å². The zero-order chi connectivity index (χ0) is 38.6. The fourth-order valence-corrected chi connectivity index (χ4v) is 10.1. The molecule has 0 saturated heterocycles. The summed E-state index contributed by atoms with van der Waals surface area (Å²) in [5.41, 5.74) is 13.5. The highest BCUT2D eigenvalue weighted by molar-refractivity contribution is 7.00. The maximum Gasteiger partial charge on any atom is 0.252 e. The van der Waals surface area contributed by atoms with E-state index >= 15 is 0 Å². The second-order valence-electron chi connectivity index (χ2n) is 16.2. The van der Waals surface area contributed by atoms with Crippen LogP contribution in [-0.4, -0.2) is 6.71 Å². The molecule has 0 saturated carbocycles. The minimum Gasteiger partial charge on any atom is -0.311 e. The SMILES string of the molecule is c1ccc(N2c3cc4cc5ccccc5cc4cc3B3c4cc5cc6ccccc6cc5cc4N(c4ccccc4)c4cc(-c5ccc6ccccc6c5)cc2c43)cc1. The van der Waals surface area contributed by atoms with Gasteiger partial charge in [0.05, 0.1) is 0 Å². The van der Waals surface area contributed by atoms with Gasteiger partial charge in [-0.25, -0.2) is 0 Å². The van der Waals surface area contributed by atoms with Gasteiger partial charge in [-0.3, -0.25) is 0 Å². The van der Waals surface area contributed by atoms with E-state index in [1.54, 1.807) is 0 Å². The summed E-state index contributed by atoms with van der Waals surface area (Å²) in [5.74, 6) is 0. The number of anilines is 6. The molecule has 0 radical (unpaired) electrons. The van der Waals surface area contributed by atoms with E-state index in [0.717, 1.165) is 11.4 Å². The molecule has 0 N–H and O–H groups in total. The lowest BCUT2D eigenvalue weighted by Crippen LogP contribution is -2.61. The van der Waals surface area contributed by atoms with Crippen molar-refractivity contribution in [2.75, 3.05) is 9.80 Å². The molecule has 2 nitrogen and oxygen atoms in total. The van der Waals surface area contributed by atoms with Gasteiger partial charge in [-0.05, 0) is 160 Å². The number of hydrogen-bond acceptors (Lipinski definition) is 2. The minimum absolute atomic E-state index is 0.0117. The molecule has 272 valence electrons. The second kappa shape index (κ2) is 12.4. The van der Waals surface area contributed by atoms with E-state index in [0.29, 0.717) is 0 Å². The molecule has 0 atom stereocenters. The molecule has 59 heavy (non-hydrogen) atoms. The van der Waals surface area contributed by atoms with Gasteiger partial charge in [-0.2, -0.15) is 0 Å². The first-order chi connectivity index (χ1) is 29.2. The van der Waals surface area contributed by atoms with Gasteiger partial charge in [0.15, 0.2) is 0 Å². The van der Waals surface area contributed by atoms with Crippen molar-refractivity contribution in [3.8, 4) is 11.1 Å². The van der Waals surface area contributed by atoms with Crippen LogP contribution in [0.25, 0.3) is 65.0 Å². The van der Waals surface area contributed by atoms with Crippen molar-refractivity contribution < 1.29 is 0 Å². The quantitative estimate of drug-likeness (QED) is 0.131. The summed E-state index contributed by atoms with van der Waals surface area (Å²) in [6.45, 7) is -0.0117. The molecular formula is C56H35BN2. The summed E-state index contributed by atoms with van der Waals surface area (Å²) in [6.07, 6.45) is 0. The first kappa shape index (κ1) is 32.5. The average molecular weight is 747 g/mol. The Kier molecular flexibility index (Phi) is 6.85. The molecule has 13 rings (SSSR count). The van der Waals surface area contributed by atoms with Crippen LogP contribution in [0.2, 0.25) is 0 Å². The van der Waals surface area contributed by atoms with Gasteiger partial charge >= 0.3 is 0 Å². The maximum absolute atomic E-state index is 2.53. The van der Waals surface area contributed by atoms with Gasteiger partial charge < -0.3 is 9.80 Å². The Morgan fingerprint density at radius 2 is 0.644 bits per heavy atom. The molecule has 3 heteroatoms. The molecule has 2 aliphatic rings. The predicted octanol–water partition coefficient (Wildman–Crippen LogP) is 13.2. The Hall–Kier alpha value is -7.62. The van der Waals surface area contributed by atoms with E-state index in [-0.39, 0.29) is 6.71 Å². The summed E-state index contributed by atoms with van der Waals surface area (Å²) in [7, 11) is 0. The molecule has 0 amide bonds. The molecule has 0 aromatic heterocycles. The van der Waals surface area contributed by atoms with Crippen molar-refractivity contribution in [1.82, 2.24) is 0 Å². The van der Waals surface area contributed by atoms with Crippen molar-refractivity contribution in [3.05, 3.63) is 212 Å². The van der Waals surface area contributed by atoms with Crippen LogP contribution < -0.4 is 26.2 Å². The Bertz CT molecular complexity index is 3330. The summed E-state index contributed by atoms with van der Waals surface area (Å²) < 4.78 is 0. The Balaban J connectivity index is 1.18. The average Bonchev–Trinajstić information content (AvgIpc) is 3.29. The van der Waals surface area contributed by atoms with Crippen LogP contribution in [-0.2, 0) is 0 Å². The number of benzene rings is 11. The largest absolute Gasteiger partial charge is 0.311 e. The normalized spacial score (nSPS) is 13.0. The van der Waals surface area contributed by atoms with Gasteiger partial charge in [0.2, 0.25) is 0 Å². The van der Waals surface area contributed by atoms with Crippen molar-refractivity contribution >= 4 is 111 Å². The molecule has 0 spiro atoms. The third-order valence-corrected chi connectivity index (χ3v) is 12.8. The van der Waals surface area contributed by atoms with Crippen LogP contribution in [0.15, 0.2) is 212 Å². The zero-order valence-electron chi connectivity index (χ0n) is 32.2. The van der Waals surface area contributed by atoms with Crippen LogP contribution in [0, 0.1) is 0 Å². The van der Waals surface area contributed by atoms with E-state index in [1.165, 1.54) is 104 Å². The van der Waals surface area contributed by atoms with E-state index in [9.17, 15) is 0 Å². The fourth-order valence-electron chi connectivity index (χ4n) is 10.1. The molecule has 11 aromatic carbocycles. The number of rotatable bonds is 3. The summed E-state index contributed by atoms with van der Waals surface area (Å²) in [4.78, 5) is 5.07. The lowest BCUT2D eigenvalue weighted by molar-refractivity contribution is 1.26. The van der Waals surface area contributed by atoms with Gasteiger partial charge in [0.1, 0.15) is 0 Å². The predicted molar refractivity (Wildman–Crippen MR) is 253 cm³/mol. The van der Waals surface area contributed by atoms with Crippen molar-refractivity contribution in [3.63, 3.8) is 0 Å². The summed E-state index contributed by atoms with van der Waals surface area (Å²) >= 11 is 0. The topological polar surface area (TPSA) is 6.48 Å². The molecule has 0 bridgehead atoms. The van der Waals surface area contributed by atoms with Crippen LogP contribution >= 0.6 is 0 Å². The molecule has 2 heterocycles. The number of para-hydroxylation sites is 2. The first-order valence-corrected chi connectivity index (χ1v) is 20.5. The van der Waals surface area contributed by atoms with Gasteiger partial charge in [-0.15, -0.1) is 0 Å². The van der Waals surface area contributed by atoms with Crippen LogP contribution in [0.3, 0.4) is 0 Å². The monoisotopic (exact) mass is 746 g/mol.